The van der Waals surface area contributed by atoms with E-state index in [1.54, 1.807) is 0 Å². The van der Waals surface area contributed by atoms with Gasteiger partial charge in [0.1, 0.15) is 5.75 Å². The van der Waals surface area contributed by atoms with Crippen molar-refractivity contribution in [1.29, 1.82) is 0 Å². The van der Waals surface area contributed by atoms with Crippen LogP contribution in [0.4, 0.5) is 0 Å². The van der Waals surface area contributed by atoms with Gasteiger partial charge in [-0.2, -0.15) is 0 Å². The molecule has 0 fully saturated rings. The van der Waals surface area contributed by atoms with Crippen molar-refractivity contribution in [3.63, 3.8) is 0 Å². The fourth-order valence-corrected chi connectivity index (χ4v) is 2.34. The fourth-order valence-electron chi connectivity index (χ4n) is 2.34. The highest BCUT2D eigenvalue weighted by Crippen LogP contribution is 2.30. The average Bonchev–Trinajstić information content (AvgIpc) is 2.38. The van der Waals surface area contributed by atoms with E-state index in [9.17, 15) is 5.11 Å². The van der Waals surface area contributed by atoms with Crippen LogP contribution < -0.4 is 0 Å². The lowest BCUT2D eigenvalue weighted by Crippen LogP contribution is -1.94. The molecule has 100 valence electrons. The Labute approximate surface area is 115 Å². The quantitative estimate of drug-likeness (QED) is 0.829. The van der Waals surface area contributed by atoms with Gasteiger partial charge in [0.2, 0.25) is 0 Å². The summed E-state index contributed by atoms with van der Waals surface area (Å²) < 4.78 is 0. The average molecular weight is 254 g/mol. The van der Waals surface area contributed by atoms with E-state index in [4.69, 9.17) is 0 Å². The zero-order valence-electron chi connectivity index (χ0n) is 12.0. The molecular formula is C18H22O. The van der Waals surface area contributed by atoms with E-state index >= 15 is 0 Å². The van der Waals surface area contributed by atoms with Crippen LogP contribution in [0.2, 0.25) is 0 Å². The molecule has 1 heteroatoms. The summed E-state index contributed by atoms with van der Waals surface area (Å²) in [5, 5.41) is 10.2. The Balaban J connectivity index is 2.29. The van der Waals surface area contributed by atoms with Crippen LogP contribution in [0.25, 0.3) is 11.1 Å². The molecule has 1 N–H and O–H groups in total. The van der Waals surface area contributed by atoms with Gasteiger partial charge in [-0.15, -0.1) is 0 Å². The van der Waals surface area contributed by atoms with E-state index in [0.717, 1.165) is 24.0 Å². The van der Waals surface area contributed by atoms with Crippen LogP contribution in [-0.2, 0) is 12.8 Å². The Hall–Kier alpha value is -1.76. The molecule has 0 aliphatic rings. The number of benzene rings is 2. The Morgan fingerprint density at radius 3 is 2.11 bits per heavy atom. The highest BCUT2D eigenvalue weighted by Gasteiger charge is 2.06. The molecule has 0 amide bonds. The molecule has 2 rings (SSSR count). The summed E-state index contributed by atoms with van der Waals surface area (Å²) in [6.07, 6.45) is 2.04. The van der Waals surface area contributed by atoms with Gasteiger partial charge in [-0.1, -0.05) is 57.2 Å². The van der Waals surface area contributed by atoms with Crippen molar-refractivity contribution in [2.24, 2.45) is 5.92 Å². The van der Waals surface area contributed by atoms with Crippen LogP contribution >= 0.6 is 0 Å². The normalized spacial score (nSPS) is 10.9. The van der Waals surface area contributed by atoms with E-state index in [2.05, 4.69) is 51.1 Å². The summed E-state index contributed by atoms with van der Waals surface area (Å²) in [4.78, 5) is 0. The number of aryl methyl sites for hydroxylation is 1. The zero-order chi connectivity index (χ0) is 13.8. The first-order chi connectivity index (χ1) is 9.10. The highest BCUT2D eigenvalue weighted by atomic mass is 16.3. The summed E-state index contributed by atoms with van der Waals surface area (Å²) in [7, 11) is 0. The second-order valence-electron chi connectivity index (χ2n) is 5.50. The Bertz CT molecular complexity index is 538. The largest absolute Gasteiger partial charge is 0.507 e. The van der Waals surface area contributed by atoms with Crippen LogP contribution in [0.5, 0.6) is 5.75 Å². The molecule has 0 heterocycles. The van der Waals surface area contributed by atoms with Gasteiger partial charge in [-0.3, -0.25) is 0 Å². The predicted molar refractivity (Wildman–Crippen MR) is 81.5 cm³/mol. The van der Waals surface area contributed by atoms with Crippen LogP contribution in [0.3, 0.4) is 0 Å². The standard InChI is InChI=1S/C18H22O/c1-4-14-5-8-16(9-6-14)17-10-7-15(11-13(2)3)12-18(17)19/h5-10,12-13,19H,4,11H2,1-3H3. The number of hydrogen-bond donors (Lipinski definition) is 1. The molecule has 0 spiro atoms. The zero-order valence-corrected chi connectivity index (χ0v) is 12.0. The monoisotopic (exact) mass is 254 g/mol. The van der Waals surface area contributed by atoms with E-state index in [0.29, 0.717) is 11.7 Å². The minimum atomic E-state index is 0.377. The molecule has 0 aliphatic heterocycles. The lowest BCUT2D eigenvalue weighted by Gasteiger charge is -2.10. The molecule has 0 aromatic heterocycles. The van der Waals surface area contributed by atoms with Crippen molar-refractivity contribution >= 4 is 0 Å². The Kier molecular flexibility index (Phi) is 4.26. The molecule has 0 bridgehead atoms. The summed E-state index contributed by atoms with van der Waals surface area (Å²) >= 11 is 0. The lowest BCUT2D eigenvalue weighted by molar-refractivity contribution is 0.476. The molecule has 0 saturated heterocycles. The van der Waals surface area contributed by atoms with Gasteiger partial charge in [-0.05, 0) is 41.5 Å². The van der Waals surface area contributed by atoms with Crippen molar-refractivity contribution in [2.45, 2.75) is 33.6 Å². The van der Waals surface area contributed by atoms with Gasteiger partial charge in [0.25, 0.3) is 0 Å². The summed E-state index contributed by atoms with van der Waals surface area (Å²) in [6, 6.07) is 14.4. The van der Waals surface area contributed by atoms with Crippen LogP contribution in [-0.4, -0.2) is 5.11 Å². The van der Waals surface area contributed by atoms with Crippen molar-refractivity contribution in [1.82, 2.24) is 0 Å². The molecule has 2 aromatic carbocycles. The van der Waals surface area contributed by atoms with Crippen molar-refractivity contribution in [3.8, 4) is 16.9 Å². The maximum absolute atomic E-state index is 10.2. The fraction of sp³-hybridized carbons (Fsp3) is 0.333. The summed E-state index contributed by atoms with van der Waals surface area (Å²) in [6.45, 7) is 6.52. The van der Waals surface area contributed by atoms with Gasteiger partial charge in [0, 0.05) is 5.56 Å². The Morgan fingerprint density at radius 1 is 0.947 bits per heavy atom. The molecule has 2 aromatic rings. The SMILES string of the molecule is CCc1ccc(-c2ccc(CC(C)C)cc2O)cc1. The molecule has 0 atom stereocenters. The minimum absolute atomic E-state index is 0.377. The molecular weight excluding hydrogens is 232 g/mol. The molecule has 0 saturated carbocycles. The lowest BCUT2D eigenvalue weighted by atomic mass is 9.97. The maximum Gasteiger partial charge on any atom is 0.123 e. The summed E-state index contributed by atoms with van der Waals surface area (Å²) in [5.74, 6) is 0.983. The smallest absolute Gasteiger partial charge is 0.123 e. The topological polar surface area (TPSA) is 20.2 Å². The maximum atomic E-state index is 10.2. The molecule has 0 radical (unpaired) electrons. The van der Waals surface area contributed by atoms with Gasteiger partial charge in [0.15, 0.2) is 0 Å². The van der Waals surface area contributed by atoms with Crippen molar-refractivity contribution in [2.75, 3.05) is 0 Å². The third kappa shape index (κ3) is 3.37. The molecule has 1 nitrogen and oxygen atoms in total. The number of phenolic OH excluding ortho intramolecular Hbond substituents is 1. The third-order valence-corrected chi connectivity index (χ3v) is 3.38. The van der Waals surface area contributed by atoms with E-state index in [1.807, 2.05) is 12.1 Å². The van der Waals surface area contributed by atoms with Gasteiger partial charge in [0.05, 0.1) is 0 Å². The number of hydrogen-bond acceptors (Lipinski definition) is 1. The summed E-state index contributed by atoms with van der Waals surface area (Å²) in [5.41, 5.74) is 4.50. The van der Waals surface area contributed by atoms with Gasteiger partial charge < -0.3 is 5.11 Å². The number of rotatable bonds is 4. The first-order valence-electron chi connectivity index (χ1n) is 7.01. The van der Waals surface area contributed by atoms with Crippen LogP contribution in [0.1, 0.15) is 31.9 Å². The van der Waals surface area contributed by atoms with E-state index < -0.39 is 0 Å². The number of phenols is 1. The van der Waals surface area contributed by atoms with Gasteiger partial charge >= 0.3 is 0 Å². The first-order valence-corrected chi connectivity index (χ1v) is 7.01. The van der Waals surface area contributed by atoms with Crippen molar-refractivity contribution in [3.05, 3.63) is 53.6 Å². The first kappa shape index (κ1) is 13.7. The molecule has 0 unspecified atom stereocenters. The van der Waals surface area contributed by atoms with Crippen LogP contribution in [0, 0.1) is 5.92 Å². The predicted octanol–water partition coefficient (Wildman–Crippen LogP) is 4.82. The third-order valence-electron chi connectivity index (χ3n) is 3.38. The second kappa shape index (κ2) is 5.92. The van der Waals surface area contributed by atoms with E-state index in [-0.39, 0.29) is 0 Å². The van der Waals surface area contributed by atoms with Crippen LogP contribution in [0.15, 0.2) is 42.5 Å². The molecule has 19 heavy (non-hydrogen) atoms. The molecule has 0 aliphatic carbocycles. The van der Waals surface area contributed by atoms with Gasteiger partial charge in [-0.25, -0.2) is 0 Å². The van der Waals surface area contributed by atoms with Crippen molar-refractivity contribution < 1.29 is 5.11 Å². The minimum Gasteiger partial charge on any atom is -0.507 e. The number of aromatic hydroxyl groups is 1. The second-order valence-corrected chi connectivity index (χ2v) is 5.50. The highest BCUT2D eigenvalue weighted by molar-refractivity contribution is 5.70. The van der Waals surface area contributed by atoms with E-state index in [1.165, 1.54) is 11.1 Å². The Morgan fingerprint density at radius 2 is 1.58 bits per heavy atom.